The molecule has 0 aliphatic rings. The number of hydrogen-bond acceptors (Lipinski definition) is 4. The summed E-state index contributed by atoms with van der Waals surface area (Å²) in [6.07, 6.45) is 13.8. The van der Waals surface area contributed by atoms with Crippen molar-refractivity contribution in [1.82, 2.24) is 0 Å². The Hall–Kier alpha value is -9.38. The SMILES string of the molecule is CCCCCCc1cc(-c2ccc(N(c3ccc(-c4ccc(N)cc4)cc3)c3ccc(-c4c(C)cc(CC(C)C)cc4C)cc3)cc2C)c(CCCCCC)cc1-c1ccc(N(c2ccc(-c3ccc(N)cc3)cc2)c2ccc(-c3ccc(CC(C)C)cc3)cc2)cc1C. The summed E-state index contributed by atoms with van der Waals surface area (Å²) in [7, 11) is 0. The Labute approximate surface area is 563 Å². The van der Waals surface area contributed by atoms with E-state index in [1.807, 2.05) is 24.3 Å². The Bertz CT molecular complexity index is 4260. The zero-order valence-corrected chi connectivity index (χ0v) is 57.6. The van der Waals surface area contributed by atoms with E-state index >= 15 is 0 Å². The molecule has 0 amide bonds. The highest BCUT2D eigenvalue weighted by atomic mass is 15.1. The van der Waals surface area contributed by atoms with Crippen molar-refractivity contribution in [2.45, 2.75) is 146 Å². The largest absolute Gasteiger partial charge is 0.399 e. The molecule has 0 spiro atoms. The summed E-state index contributed by atoms with van der Waals surface area (Å²) in [6, 6.07) is 86.2. The molecule has 478 valence electrons. The first-order valence-electron chi connectivity index (χ1n) is 34.9. The molecule has 0 aromatic heterocycles. The van der Waals surface area contributed by atoms with Gasteiger partial charge in [-0.2, -0.15) is 0 Å². The first kappa shape index (κ1) is 66.1. The van der Waals surface area contributed by atoms with E-state index in [-0.39, 0.29) is 0 Å². The molecule has 4 N–H and O–H groups in total. The molecule has 0 radical (unpaired) electrons. The van der Waals surface area contributed by atoms with Gasteiger partial charge in [-0.1, -0.05) is 214 Å². The summed E-state index contributed by atoms with van der Waals surface area (Å²) in [5, 5.41) is 0. The van der Waals surface area contributed by atoms with E-state index < -0.39 is 0 Å². The van der Waals surface area contributed by atoms with Gasteiger partial charge in [-0.15, -0.1) is 0 Å². The van der Waals surface area contributed by atoms with Crippen molar-refractivity contribution in [2.75, 3.05) is 21.3 Å². The third kappa shape index (κ3) is 15.8. The fourth-order valence-electron chi connectivity index (χ4n) is 14.1. The number of nitrogen functional groups attached to an aromatic ring is 2. The average molecular weight is 1240 g/mol. The normalized spacial score (nSPS) is 11.4. The molecule has 4 nitrogen and oxygen atoms in total. The van der Waals surface area contributed by atoms with E-state index in [2.05, 4.69) is 285 Å². The predicted molar refractivity (Wildman–Crippen MR) is 409 cm³/mol. The molecule has 0 aliphatic carbocycles. The van der Waals surface area contributed by atoms with Crippen LogP contribution in [0.1, 0.15) is 137 Å². The molecular formula is C90H98N4. The van der Waals surface area contributed by atoms with Crippen molar-refractivity contribution in [3.8, 4) is 66.8 Å². The topological polar surface area (TPSA) is 58.5 Å². The van der Waals surface area contributed by atoms with Crippen LogP contribution >= 0.6 is 0 Å². The van der Waals surface area contributed by atoms with Crippen LogP contribution in [0.5, 0.6) is 0 Å². The lowest BCUT2D eigenvalue weighted by molar-refractivity contribution is 0.647. The van der Waals surface area contributed by atoms with Crippen molar-refractivity contribution >= 4 is 45.5 Å². The molecule has 0 saturated carbocycles. The van der Waals surface area contributed by atoms with Crippen LogP contribution in [-0.4, -0.2) is 0 Å². The third-order valence-electron chi connectivity index (χ3n) is 18.9. The second-order valence-electron chi connectivity index (χ2n) is 27.4. The predicted octanol–water partition coefficient (Wildman–Crippen LogP) is 25.7. The maximum atomic E-state index is 6.13. The fourth-order valence-corrected chi connectivity index (χ4v) is 14.1. The van der Waals surface area contributed by atoms with Crippen molar-refractivity contribution in [3.05, 3.63) is 275 Å². The van der Waals surface area contributed by atoms with E-state index in [1.54, 1.807) is 0 Å². The van der Waals surface area contributed by atoms with Gasteiger partial charge in [0.15, 0.2) is 0 Å². The number of nitrogens with zero attached hydrogens (tertiary/aromatic N) is 2. The second-order valence-corrected chi connectivity index (χ2v) is 27.4. The van der Waals surface area contributed by atoms with Crippen molar-refractivity contribution < 1.29 is 0 Å². The van der Waals surface area contributed by atoms with Gasteiger partial charge >= 0.3 is 0 Å². The highest BCUT2D eigenvalue weighted by molar-refractivity contribution is 5.87. The van der Waals surface area contributed by atoms with Gasteiger partial charge < -0.3 is 21.3 Å². The lowest BCUT2D eigenvalue weighted by Gasteiger charge is -2.28. The monoisotopic (exact) mass is 1230 g/mol. The standard InChI is InChI=1S/C90H98N4/c1-11-13-15-17-19-76-60-89(87-52-50-85(58-64(87)8)94(82-45-33-74(34-46-82)71-27-39-79(92)40-28-71)83-47-35-75(36-48-83)90-65(9)55-68(54-62(5)6)56-66(90)10)77(20-18-16-14-12-2)59-88(76)86-51-49-84(57-63(86)7)93(81-43-31-73(32-44-81)70-25-37-78(91)38-26-70)80-41-29-72(30-42-80)69-23-21-67(22-24-69)53-61(3)4/h21-52,55-62H,11-20,53-54,91-92H2,1-10H3. The fraction of sp³-hybridized carbons (Fsp3) is 0.267. The summed E-state index contributed by atoms with van der Waals surface area (Å²) >= 11 is 0. The van der Waals surface area contributed by atoms with E-state index in [9.17, 15) is 0 Å². The Balaban J connectivity index is 0.980. The lowest BCUT2D eigenvalue weighted by atomic mass is 9.84. The van der Waals surface area contributed by atoms with E-state index in [4.69, 9.17) is 11.5 Å². The Morgan fingerprint density at radius 2 is 0.596 bits per heavy atom. The van der Waals surface area contributed by atoms with Crippen molar-refractivity contribution in [3.63, 3.8) is 0 Å². The first-order chi connectivity index (χ1) is 45.6. The molecule has 11 aromatic carbocycles. The van der Waals surface area contributed by atoms with Crippen molar-refractivity contribution in [1.29, 1.82) is 0 Å². The number of aryl methyl sites for hydroxylation is 6. The van der Waals surface area contributed by atoms with E-state index in [0.29, 0.717) is 11.8 Å². The van der Waals surface area contributed by atoms with Gasteiger partial charge in [-0.25, -0.2) is 0 Å². The number of unbranched alkanes of at least 4 members (excludes halogenated alkanes) is 6. The van der Waals surface area contributed by atoms with Gasteiger partial charge in [-0.3, -0.25) is 0 Å². The molecule has 0 bridgehead atoms. The molecule has 0 aliphatic heterocycles. The van der Waals surface area contributed by atoms with Gasteiger partial charge in [0, 0.05) is 45.5 Å². The first-order valence-corrected chi connectivity index (χ1v) is 34.9. The van der Waals surface area contributed by atoms with Crippen LogP contribution in [0.4, 0.5) is 45.5 Å². The van der Waals surface area contributed by atoms with Crippen molar-refractivity contribution in [2.24, 2.45) is 11.8 Å². The van der Waals surface area contributed by atoms with Gasteiger partial charge in [0.05, 0.1) is 0 Å². The van der Waals surface area contributed by atoms with Crippen LogP contribution in [0.25, 0.3) is 66.8 Å². The Morgan fingerprint density at radius 3 is 0.926 bits per heavy atom. The number of nitrogens with two attached hydrogens (primary N) is 2. The summed E-state index contributed by atoms with van der Waals surface area (Å²) in [5.41, 5.74) is 46.2. The second kappa shape index (κ2) is 30.6. The van der Waals surface area contributed by atoms with Crippen LogP contribution in [-0.2, 0) is 25.7 Å². The highest BCUT2D eigenvalue weighted by Gasteiger charge is 2.22. The zero-order chi connectivity index (χ0) is 65.8. The van der Waals surface area contributed by atoms with Crippen LogP contribution in [0.15, 0.2) is 231 Å². The van der Waals surface area contributed by atoms with E-state index in [0.717, 1.165) is 106 Å². The Kier molecular flexibility index (Phi) is 21.5. The van der Waals surface area contributed by atoms with Crippen LogP contribution in [0, 0.1) is 39.5 Å². The number of hydrogen-bond donors (Lipinski definition) is 2. The smallest absolute Gasteiger partial charge is 0.0464 e. The van der Waals surface area contributed by atoms with Crippen LogP contribution in [0.3, 0.4) is 0 Å². The molecule has 0 unspecified atom stereocenters. The molecule has 0 heterocycles. The minimum Gasteiger partial charge on any atom is -0.399 e. The Morgan fingerprint density at radius 1 is 0.287 bits per heavy atom. The van der Waals surface area contributed by atoms with Crippen LogP contribution < -0.4 is 21.3 Å². The molecule has 0 atom stereocenters. The molecule has 11 aromatic rings. The number of rotatable bonds is 26. The maximum Gasteiger partial charge on any atom is 0.0464 e. The molecule has 11 rings (SSSR count). The quantitative estimate of drug-likeness (QED) is 0.0419. The summed E-state index contributed by atoms with van der Waals surface area (Å²) < 4.78 is 0. The van der Waals surface area contributed by atoms with Gasteiger partial charge in [0.2, 0.25) is 0 Å². The molecular weight excluding hydrogens is 1140 g/mol. The number of benzene rings is 11. The molecule has 0 saturated heterocycles. The summed E-state index contributed by atoms with van der Waals surface area (Å²) in [5.74, 6) is 1.23. The van der Waals surface area contributed by atoms with E-state index in [1.165, 1.54) is 128 Å². The average Bonchev–Trinajstić information content (AvgIpc) is 0.777. The van der Waals surface area contributed by atoms with Gasteiger partial charge in [0.1, 0.15) is 0 Å². The minimum absolute atomic E-state index is 0.612. The maximum absolute atomic E-state index is 6.13. The molecule has 4 heteroatoms. The summed E-state index contributed by atoms with van der Waals surface area (Å²) in [6.45, 7) is 23.0. The third-order valence-corrected chi connectivity index (χ3v) is 18.9. The minimum atomic E-state index is 0.612. The lowest BCUT2D eigenvalue weighted by Crippen LogP contribution is -2.10. The zero-order valence-electron chi connectivity index (χ0n) is 57.6. The molecule has 94 heavy (non-hydrogen) atoms. The van der Waals surface area contributed by atoms with Gasteiger partial charge in [0.25, 0.3) is 0 Å². The number of anilines is 8. The molecule has 0 fully saturated rings. The summed E-state index contributed by atoms with van der Waals surface area (Å²) in [4.78, 5) is 4.85. The van der Waals surface area contributed by atoms with Crippen LogP contribution in [0.2, 0.25) is 0 Å². The van der Waals surface area contributed by atoms with Gasteiger partial charge in [-0.05, 0) is 286 Å². The highest BCUT2D eigenvalue weighted by Crippen LogP contribution is 2.45.